The van der Waals surface area contributed by atoms with Crippen LogP contribution < -0.4 is 16.6 Å². The van der Waals surface area contributed by atoms with Crippen LogP contribution in [0.15, 0.2) is 43.8 Å². The molecule has 0 fully saturated rings. The van der Waals surface area contributed by atoms with Crippen LogP contribution in [-0.4, -0.2) is 21.6 Å². The summed E-state index contributed by atoms with van der Waals surface area (Å²) in [5, 5.41) is 2.73. The number of nitrogens with zero attached hydrogens (tertiary/aromatic N) is 1. The van der Waals surface area contributed by atoms with E-state index in [1.54, 1.807) is 12.1 Å². The van der Waals surface area contributed by atoms with Gasteiger partial charge in [0.1, 0.15) is 0 Å². The molecule has 1 amide bonds. The van der Waals surface area contributed by atoms with Gasteiger partial charge < -0.3 is 15.5 Å². The highest BCUT2D eigenvalue weighted by molar-refractivity contribution is 9.10. The number of anilines is 2. The molecule has 4 N–H and O–H groups in total. The molecule has 7 nitrogen and oxygen atoms in total. The van der Waals surface area contributed by atoms with Gasteiger partial charge in [-0.3, -0.25) is 14.6 Å². The minimum Gasteiger partial charge on any atom is -0.444 e. The summed E-state index contributed by atoms with van der Waals surface area (Å²) in [5.74, 6) is -0.0321. The van der Waals surface area contributed by atoms with Crippen LogP contribution in [0.3, 0.4) is 0 Å². The number of rotatable bonds is 5. The molecule has 0 aliphatic carbocycles. The first-order chi connectivity index (χ1) is 10.0. The number of furan rings is 1. The summed E-state index contributed by atoms with van der Waals surface area (Å²) in [6.45, 7) is 3.57. The van der Waals surface area contributed by atoms with Crippen molar-refractivity contribution < 1.29 is 9.21 Å². The van der Waals surface area contributed by atoms with Crippen LogP contribution in [0, 0.1) is 0 Å². The number of aromatic amines is 1. The lowest BCUT2D eigenvalue weighted by Gasteiger charge is -2.06. The summed E-state index contributed by atoms with van der Waals surface area (Å²) >= 11 is 4.36. The van der Waals surface area contributed by atoms with Crippen molar-refractivity contribution in [3.8, 4) is 0 Å². The first-order valence-corrected chi connectivity index (χ1v) is 7.49. The summed E-state index contributed by atoms with van der Waals surface area (Å²) in [6, 6.07) is 3.03. The minimum atomic E-state index is -0.591. The number of hydrogen-bond donors (Lipinski definition) is 3. The predicted octanol–water partition coefficient (Wildman–Crippen LogP) is 2.24. The molecule has 2 aromatic heterocycles. The topological polar surface area (TPSA) is 114 Å². The zero-order valence-corrected chi connectivity index (χ0v) is 13.1. The van der Waals surface area contributed by atoms with Gasteiger partial charge in [-0.1, -0.05) is 17.8 Å². The van der Waals surface area contributed by atoms with Crippen molar-refractivity contribution in [2.45, 2.75) is 5.16 Å². The number of carbonyl (C=O) groups excluding carboxylic acids is 1. The number of nitrogens with one attached hydrogen (secondary N) is 2. The van der Waals surface area contributed by atoms with Crippen molar-refractivity contribution in [2.24, 2.45) is 0 Å². The van der Waals surface area contributed by atoms with Gasteiger partial charge in [0, 0.05) is 5.75 Å². The van der Waals surface area contributed by atoms with E-state index >= 15 is 0 Å². The molecule has 110 valence electrons. The van der Waals surface area contributed by atoms with Crippen LogP contribution in [0.25, 0.3) is 0 Å². The van der Waals surface area contributed by atoms with Crippen LogP contribution in [0.2, 0.25) is 0 Å². The van der Waals surface area contributed by atoms with Crippen molar-refractivity contribution >= 4 is 45.1 Å². The molecular formula is C12H11BrN4O3S. The number of nitrogens with two attached hydrogens (primary N) is 1. The Balaban J connectivity index is 2.22. The van der Waals surface area contributed by atoms with Crippen LogP contribution >= 0.6 is 27.7 Å². The minimum absolute atomic E-state index is 0.0470. The van der Waals surface area contributed by atoms with Crippen molar-refractivity contribution in [2.75, 3.05) is 16.8 Å². The molecule has 2 rings (SSSR count). The number of aromatic nitrogens is 2. The second-order valence-electron chi connectivity index (χ2n) is 3.79. The molecule has 0 spiro atoms. The highest BCUT2D eigenvalue weighted by atomic mass is 79.9. The second-order valence-corrected chi connectivity index (χ2v) is 5.58. The smallest absolute Gasteiger partial charge is 0.291 e. The van der Waals surface area contributed by atoms with E-state index in [0.717, 1.165) is 0 Å². The van der Waals surface area contributed by atoms with E-state index in [2.05, 4.69) is 37.8 Å². The lowest BCUT2D eigenvalue weighted by atomic mass is 10.4. The maximum absolute atomic E-state index is 11.9. The predicted molar refractivity (Wildman–Crippen MR) is 84.6 cm³/mol. The largest absolute Gasteiger partial charge is 0.444 e. The van der Waals surface area contributed by atoms with Crippen LogP contribution in [0.5, 0.6) is 0 Å². The molecule has 2 heterocycles. The van der Waals surface area contributed by atoms with Gasteiger partial charge in [-0.25, -0.2) is 4.98 Å². The summed E-state index contributed by atoms with van der Waals surface area (Å²) in [7, 11) is 0. The van der Waals surface area contributed by atoms with E-state index in [-0.39, 0.29) is 17.3 Å². The Kier molecular flexibility index (Phi) is 4.86. The molecule has 2 aromatic rings. The Morgan fingerprint density at radius 1 is 1.62 bits per heavy atom. The lowest BCUT2D eigenvalue weighted by Crippen LogP contribution is -2.22. The average Bonchev–Trinajstić information content (AvgIpc) is 2.87. The summed E-state index contributed by atoms with van der Waals surface area (Å²) in [6.07, 6.45) is 1.67. The standard InChI is InChI=1S/C12H11BrN4O3S/c1-2-5-21-12-16-9(14)8(11(19)17-12)15-10(18)6-3-4-7(13)20-6/h2-4H,1,5H2,(H,15,18)(H3,14,16,17,19). The van der Waals surface area contributed by atoms with Gasteiger partial charge in [0.25, 0.3) is 11.5 Å². The maximum Gasteiger partial charge on any atom is 0.291 e. The van der Waals surface area contributed by atoms with Crippen LogP contribution in [-0.2, 0) is 0 Å². The molecule has 0 saturated carbocycles. The number of nitrogen functional groups attached to an aromatic ring is 1. The number of H-pyrrole nitrogens is 1. The molecule has 0 bridgehead atoms. The molecule has 0 aromatic carbocycles. The van der Waals surface area contributed by atoms with Crippen molar-refractivity contribution in [3.05, 3.63) is 45.6 Å². The summed E-state index contributed by atoms with van der Waals surface area (Å²) < 4.78 is 5.50. The number of halogens is 1. The highest BCUT2D eigenvalue weighted by Gasteiger charge is 2.16. The van der Waals surface area contributed by atoms with Crippen molar-refractivity contribution in [1.82, 2.24) is 9.97 Å². The zero-order chi connectivity index (χ0) is 15.4. The third kappa shape index (κ3) is 3.76. The molecule has 21 heavy (non-hydrogen) atoms. The Hall–Kier alpha value is -2.00. The fourth-order valence-electron chi connectivity index (χ4n) is 1.41. The third-order valence-electron chi connectivity index (χ3n) is 2.30. The van der Waals surface area contributed by atoms with E-state index in [9.17, 15) is 9.59 Å². The van der Waals surface area contributed by atoms with Gasteiger partial charge in [0.2, 0.25) is 0 Å². The van der Waals surface area contributed by atoms with Gasteiger partial charge in [-0.05, 0) is 28.1 Å². The number of amides is 1. The Morgan fingerprint density at radius 3 is 2.95 bits per heavy atom. The first-order valence-electron chi connectivity index (χ1n) is 5.71. The molecule has 0 unspecified atom stereocenters. The summed E-state index contributed by atoms with van der Waals surface area (Å²) in [5.41, 5.74) is 5.05. The molecule has 0 atom stereocenters. The van der Waals surface area contributed by atoms with Crippen LogP contribution in [0.1, 0.15) is 10.6 Å². The monoisotopic (exact) mass is 370 g/mol. The van der Waals surface area contributed by atoms with E-state index in [4.69, 9.17) is 10.2 Å². The van der Waals surface area contributed by atoms with Gasteiger partial charge in [-0.2, -0.15) is 0 Å². The van der Waals surface area contributed by atoms with Gasteiger partial charge in [0.15, 0.2) is 27.1 Å². The zero-order valence-electron chi connectivity index (χ0n) is 10.7. The average molecular weight is 371 g/mol. The van der Waals surface area contributed by atoms with E-state index in [1.165, 1.54) is 17.8 Å². The fourth-order valence-corrected chi connectivity index (χ4v) is 2.32. The van der Waals surface area contributed by atoms with Crippen molar-refractivity contribution in [1.29, 1.82) is 0 Å². The molecule has 0 radical (unpaired) electrons. The van der Waals surface area contributed by atoms with Crippen molar-refractivity contribution in [3.63, 3.8) is 0 Å². The first kappa shape index (κ1) is 15.4. The Morgan fingerprint density at radius 2 is 2.38 bits per heavy atom. The molecular weight excluding hydrogens is 360 g/mol. The van der Waals surface area contributed by atoms with Gasteiger partial charge in [0.05, 0.1) is 0 Å². The molecule has 0 saturated heterocycles. The molecule has 0 aliphatic rings. The fraction of sp³-hybridized carbons (Fsp3) is 0.0833. The SMILES string of the molecule is C=CCSc1nc(N)c(NC(=O)c2ccc(Br)o2)c(=O)[nH]1. The highest BCUT2D eigenvalue weighted by Crippen LogP contribution is 2.18. The van der Waals surface area contributed by atoms with E-state index < -0.39 is 11.5 Å². The lowest BCUT2D eigenvalue weighted by molar-refractivity contribution is 0.0995. The van der Waals surface area contributed by atoms with Gasteiger partial charge >= 0.3 is 0 Å². The third-order valence-corrected chi connectivity index (χ3v) is 3.59. The normalized spacial score (nSPS) is 10.3. The molecule has 9 heteroatoms. The number of hydrogen-bond acceptors (Lipinski definition) is 6. The second kappa shape index (κ2) is 6.64. The quantitative estimate of drug-likeness (QED) is 0.422. The molecule has 0 aliphatic heterocycles. The summed E-state index contributed by atoms with van der Waals surface area (Å²) in [4.78, 5) is 30.4. The number of thioether (sulfide) groups is 1. The maximum atomic E-state index is 11.9. The number of carbonyl (C=O) groups is 1. The van der Waals surface area contributed by atoms with E-state index in [0.29, 0.717) is 15.6 Å². The van der Waals surface area contributed by atoms with E-state index in [1.807, 2.05) is 0 Å². The van der Waals surface area contributed by atoms with Gasteiger partial charge in [-0.15, -0.1) is 6.58 Å². The Labute approximate surface area is 132 Å². The van der Waals surface area contributed by atoms with Crippen LogP contribution in [0.4, 0.5) is 11.5 Å². The Bertz CT molecular complexity index is 740.